The molecule has 3 rings (SSSR count). The van der Waals surface area contributed by atoms with E-state index in [4.69, 9.17) is 17.0 Å². The summed E-state index contributed by atoms with van der Waals surface area (Å²) >= 11 is 5.36. The fraction of sp³-hybridized carbons (Fsp3) is 0.500. The SMILES string of the molecule is COc1ccc2[nH]c(=S)n(C(C)C(=O)N3CCCC3)c2n1. The van der Waals surface area contributed by atoms with E-state index in [1.807, 2.05) is 17.9 Å². The number of imidazole rings is 1. The first-order valence-corrected chi connectivity index (χ1v) is 7.46. The minimum absolute atomic E-state index is 0.0918. The third kappa shape index (κ3) is 2.42. The molecule has 1 aliphatic heterocycles. The lowest BCUT2D eigenvalue weighted by atomic mass is 10.3. The molecular formula is C14H18N4O2S. The van der Waals surface area contributed by atoms with E-state index in [9.17, 15) is 4.79 Å². The smallest absolute Gasteiger partial charge is 0.245 e. The quantitative estimate of drug-likeness (QED) is 0.884. The number of ether oxygens (including phenoxy) is 1. The molecule has 7 heteroatoms. The second-order valence-electron chi connectivity index (χ2n) is 5.23. The van der Waals surface area contributed by atoms with E-state index in [0.717, 1.165) is 31.4 Å². The first-order chi connectivity index (χ1) is 10.1. The van der Waals surface area contributed by atoms with Gasteiger partial charge in [0.1, 0.15) is 6.04 Å². The zero-order chi connectivity index (χ0) is 15.0. The number of aromatic nitrogens is 3. The highest BCUT2D eigenvalue weighted by Crippen LogP contribution is 2.22. The van der Waals surface area contributed by atoms with Gasteiger partial charge in [0.25, 0.3) is 0 Å². The Kier molecular flexibility index (Phi) is 3.67. The summed E-state index contributed by atoms with van der Waals surface area (Å²) in [7, 11) is 1.57. The van der Waals surface area contributed by atoms with Crippen molar-refractivity contribution in [1.29, 1.82) is 0 Å². The molecule has 1 N–H and O–H groups in total. The van der Waals surface area contributed by atoms with Crippen LogP contribution >= 0.6 is 12.2 Å². The lowest BCUT2D eigenvalue weighted by Crippen LogP contribution is -2.34. The van der Waals surface area contributed by atoms with Crippen LogP contribution in [0.25, 0.3) is 11.2 Å². The number of nitrogens with one attached hydrogen (secondary N) is 1. The third-order valence-electron chi connectivity index (χ3n) is 3.91. The topological polar surface area (TPSA) is 63.1 Å². The molecule has 0 aromatic carbocycles. The van der Waals surface area contributed by atoms with Crippen LogP contribution in [0.1, 0.15) is 25.8 Å². The molecule has 2 aromatic heterocycles. The largest absolute Gasteiger partial charge is 0.481 e. The van der Waals surface area contributed by atoms with Crippen molar-refractivity contribution >= 4 is 29.3 Å². The highest BCUT2D eigenvalue weighted by Gasteiger charge is 2.26. The molecule has 21 heavy (non-hydrogen) atoms. The number of methoxy groups -OCH3 is 1. The average molecular weight is 306 g/mol. The maximum absolute atomic E-state index is 12.6. The van der Waals surface area contributed by atoms with E-state index in [1.165, 1.54) is 0 Å². The second kappa shape index (κ2) is 5.48. The number of hydrogen-bond donors (Lipinski definition) is 1. The van der Waals surface area contributed by atoms with Gasteiger partial charge in [0, 0.05) is 19.2 Å². The van der Waals surface area contributed by atoms with E-state index in [1.54, 1.807) is 17.7 Å². The van der Waals surface area contributed by atoms with Gasteiger partial charge >= 0.3 is 0 Å². The number of H-pyrrole nitrogens is 1. The van der Waals surface area contributed by atoms with Crippen molar-refractivity contribution in [3.8, 4) is 5.88 Å². The normalized spacial score (nSPS) is 16.4. The molecule has 1 saturated heterocycles. The van der Waals surface area contributed by atoms with Crippen molar-refractivity contribution in [1.82, 2.24) is 19.4 Å². The number of rotatable bonds is 3. The maximum Gasteiger partial charge on any atom is 0.245 e. The Bertz CT molecular complexity index is 730. The van der Waals surface area contributed by atoms with Gasteiger partial charge in [0.15, 0.2) is 10.4 Å². The zero-order valence-corrected chi connectivity index (χ0v) is 12.9. The van der Waals surface area contributed by atoms with Gasteiger partial charge in [-0.15, -0.1) is 0 Å². The zero-order valence-electron chi connectivity index (χ0n) is 12.1. The van der Waals surface area contributed by atoms with Crippen LogP contribution in [0.15, 0.2) is 12.1 Å². The Labute approximate surface area is 127 Å². The number of nitrogens with zero attached hydrogens (tertiary/aromatic N) is 3. The number of carbonyl (C=O) groups excluding carboxylic acids is 1. The standard InChI is InChI=1S/C14H18N4O2S/c1-9(13(19)17-7-3-4-8-17)18-12-10(15-14(18)21)5-6-11(16-12)20-2/h5-6,9H,3-4,7-8H2,1-2H3,(H,15,21). The summed E-state index contributed by atoms with van der Waals surface area (Å²) < 4.78 is 7.44. The summed E-state index contributed by atoms with van der Waals surface area (Å²) in [4.78, 5) is 22.0. The summed E-state index contributed by atoms with van der Waals surface area (Å²) in [6.45, 7) is 3.52. The molecular weight excluding hydrogens is 288 g/mol. The van der Waals surface area contributed by atoms with Crippen LogP contribution in [0, 0.1) is 4.77 Å². The second-order valence-corrected chi connectivity index (χ2v) is 5.62. The number of hydrogen-bond acceptors (Lipinski definition) is 4. The highest BCUT2D eigenvalue weighted by atomic mass is 32.1. The minimum atomic E-state index is -0.371. The van der Waals surface area contributed by atoms with Crippen LogP contribution in [-0.4, -0.2) is 45.5 Å². The molecule has 0 aliphatic carbocycles. The summed E-state index contributed by atoms with van der Waals surface area (Å²) in [5, 5.41) is 0. The summed E-state index contributed by atoms with van der Waals surface area (Å²) in [5.41, 5.74) is 1.46. The molecule has 0 radical (unpaired) electrons. The van der Waals surface area contributed by atoms with Gasteiger partial charge in [-0.25, -0.2) is 0 Å². The van der Waals surface area contributed by atoms with E-state index in [2.05, 4.69) is 9.97 Å². The van der Waals surface area contributed by atoms with E-state index in [0.29, 0.717) is 16.3 Å². The first-order valence-electron chi connectivity index (χ1n) is 7.06. The number of aromatic amines is 1. The van der Waals surface area contributed by atoms with Gasteiger partial charge in [-0.2, -0.15) is 4.98 Å². The van der Waals surface area contributed by atoms with Gasteiger partial charge in [-0.05, 0) is 38.0 Å². The van der Waals surface area contributed by atoms with Crippen molar-refractivity contribution in [2.45, 2.75) is 25.8 Å². The number of likely N-dealkylation sites (tertiary alicyclic amines) is 1. The Balaban J connectivity index is 2.03. The summed E-state index contributed by atoms with van der Waals surface area (Å²) in [6, 6.07) is 3.26. The molecule has 1 fully saturated rings. The van der Waals surface area contributed by atoms with Crippen LogP contribution in [0.4, 0.5) is 0 Å². The summed E-state index contributed by atoms with van der Waals surface area (Å²) in [6.07, 6.45) is 2.15. The molecule has 1 atom stereocenters. The lowest BCUT2D eigenvalue weighted by Gasteiger charge is -2.21. The van der Waals surface area contributed by atoms with Crippen molar-refractivity contribution in [2.24, 2.45) is 0 Å². The van der Waals surface area contributed by atoms with Crippen molar-refractivity contribution in [3.63, 3.8) is 0 Å². The minimum Gasteiger partial charge on any atom is -0.481 e. The van der Waals surface area contributed by atoms with Crippen molar-refractivity contribution in [3.05, 3.63) is 16.9 Å². The third-order valence-corrected chi connectivity index (χ3v) is 4.21. The molecule has 0 bridgehead atoms. The van der Waals surface area contributed by atoms with Crippen LogP contribution in [0.5, 0.6) is 5.88 Å². The molecule has 1 amide bonds. The van der Waals surface area contributed by atoms with Crippen molar-refractivity contribution < 1.29 is 9.53 Å². The molecule has 0 saturated carbocycles. The van der Waals surface area contributed by atoms with Crippen LogP contribution in [-0.2, 0) is 4.79 Å². The Morgan fingerprint density at radius 3 is 2.81 bits per heavy atom. The maximum atomic E-state index is 12.6. The van der Waals surface area contributed by atoms with Gasteiger partial charge in [0.05, 0.1) is 12.6 Å². The fourth-order valence-corrected chi connectivity index (χ4v) is 3.12. The van der Waals surface area contributed by atoms with E-state index >= 15 is 0 Å². The average Bonchev–Trinajstić information content (AvgIpc) is 3.11. The van der Waals surface area contributed by atoms with E-state index < -0.39 is 0 Å². The fourth-order valence-electron chi connectivity index (χ4n) is 2.77. The molecule has 1 aliphatic rings. The molecule has 6 nitrogen and oxygen atoms in total. The number of fused-ring (bicyclic) bond motifs is 1. The monoisotopic (exact) mass is 306 g/mol. The predicted octanol–water partition coefficient (Wildman–Crippen LogP) is 2.29. The van der Waals surface area contributed by atoms with Crippen LogP contribution < -0.4 is 4.74 Å². The number of pyridine rings is 1. The number of amides is 1. The van der Waals surface area contributed by atoms with E-state index in [-0.39, 0.29) is 11.9 Å². The van der Waals surface area contributed by atoms with Gasteiger partial charge in [-0.3, -0.25) is 9.36 Å². The van der Waals surface area contributed by atoms with Crippen LogP contribution in [0.3, 0.4) is 0 Å². The van der Waals surface area contributed by atoms with Gasteiger partial charge < -0.3 is 14.6 Å². The molecule has 2 aromatic rings. The Morgan fingerprint density at radius 1 is 1.43 bits per heavy atom. The Hall–Kier alpha value is -1.89. The first kappa shape index (κ1) is 14.1. The van der Waals surface area contributed by atoms with Gasteiger partial charge in [0.2, 0.25) is 11.8 Å². The Morgan fingerprint density at radius 2 is 2.14 bits per heavy atom. The molecule has 1 unspecified atom stereocenters. The molecule has 112 valence electrons. The van der Waals surface area contributed by atoms with Crippen molar-refractivity contribution in [2.75, 3.05) is 20.2 Å². The molecule has 0 spiro atoms. The summed E-state index contributed by atoms with van der Waals surface area (Å²) in [5.74, 6) is 0.597. The molecule has 3 heterocycles. The highest BCUT2D eigenvalue weighted by molar-refractivity contribution is 7.71. The number of carbonyl (C=O) groups is 1. The lowest BCUT2D eigenvalue weighted by molar-refractivity contribution is -0.133. The predicted molar refractivity (Wildman–Crippen MR) is 82.0 cm³/mol. The van der Waals surface area contributed by atoms with Crippen LogP contribution in [0.2, 0.25) is 0 Å². The van der Waals surface area contributed by atoms with Gasteiger partial charge in [-0.1, -0.05) is 0 Å².